The average Bonchev–Trinajstić information content (AvgIpc) is 2.61. The second kappa shape index (κ2) is 5.09. The molecule has 2 saturated heterocycles. The van der Waals surface area contributed by atoms with Gasteiger partial charge >= 0.3 is 6.18 Å². The topological polar surface area (TPSA) is 37.3 Å². The van der Waals surface area contributed by atoms with Crippen molar-refractivity contribution in [3.63, 3.8) is 0 Å². The summed E-state index contributed by atoms with van der Waals surface area (Å²) in [6.45, 7) is 0. The van der Waals surface area contributed by atoms with E-state index in [1.165, 1.54) is 12.1 Å². The number of rotatable bonds is 2. The van der Waals surface area contributed by atoms with Crippen LogP contribution in [-0.4, -0.2) is 25.4 Å². The fourth-order valence-corrected chi connectivity index (χ4v) is 5.86. The summed E-state index contributed by atoms with van der Waals surface area (Å²) >= 11 is 0. The lowest BCUT2D eigenvalue weighted by Crippen LogP contribution is -2.44. The van der Waals surface area contributed by atoms with Crippen molar-refractivity contribution >= 4 is 10.8 Å². The Balaban J connectivity index is 1.86. The summed E-state index contributed by atoms with van der Waals surface area (Å²) in [6, 6.07) is 5.39. The minimum atomic E-state index is -4.41. The zero-order valence-corrected chi connectivity index (χ0v) is 12.2. The number of alkyl halides is 3. The normalized spacial score (nSPS) is 35.9. The van der Waals surface area contributed by atoms with Gasteiger partial charge in [-0.3, -0.25) is 4.21 Å². The first kappa shape index (κ1) is 15.0. The number of fused-ring (bicyclic) bond motifs is 2. The first-order chi connectivity index (χ1) is 9.78. The Morgan fingerprint density at radius 1 is 1.19 bits per heavy atom. The van der Waals surface area contributed by atoms with Crippen LogP contribution in [0.2, 0.25) is 0 Å². The summed E-state index contributed by atoms with van der Waals surface area (Å²) in [5.74, 6) is 0. The molecule has 1 aromatic rings. The summed E-state index contributed by atoms with van der Waals surface area (Å²) in [5.41, 5.74) is -1.72. The van der Waals surface area contributed by atoms with Crippen molar-refractivity contribution in [2.45, 2.75) is 54.4 Å². The van der Waals surface area contributed by atoms with E-state index in [-0.39, 0.29) is 22.5 Å². The number of hydrogen-bond acceptors (Lipinski definition) is 2. The van der Waals surface area contributed by atoms with Crippen LogP contribution < -0.4 is 0 Å². The Morgan fingerprint density at radius 2 is 1.76 bits per heavy atom. The quantitative estimate of drug-likeness (QED) is 0.910. The van der Waals surface area contributed by atoms with Crippen LogP contribution in [0.4, 0.5) is 13.2 Å². The van der Waals surface area contributed by atoms with Gasteiger partial charge < -0.3 is 5.11 Å². The van der Waals surface area contributed by atoms with Crippen molar-refractivity contribution in [1.29, 1.82) is 0 Å². The van der Waals surface area contributed by atoms with Gasteiger partial charge in [-0.2, -0.15) is 13.2 Å². The molecule has 0 saturated carbocycles. The molecule has 2 unspecified atom stereocenters. The second-order valence-corrected chi connectivity index (χ2v) is 8.10. The van der Waals surface area contributed by atoms with Gasteiger partial charge in [-0.05, 0) is 37.3 Å². The maximum atomic E-state index is 13.0. The van der Waals surface area contributed by atoms with Gasteiger partial charge in [-0.25, -0.2) is 0 Å². The number of benzene rings is 1. The average molecular weight is 318 g/mol. The van der Waals surface area contributed by atoms with E-state index in [9.17, 15) is 22.5 Å². The van der Waals surface area contributed by atoms with Crippen molar-refractivity contribution in [3.05, 3.63) is 35.4 Å². The van der Waals surface area contributed by atoms with Gasteiger partial charge in [0, 0.05) is 27.7 Å². The van der Waals surface area contributed by atoms with Gasteiger partial charge in [0.1, 0.15) is 0 Å². The monoisotopic (exact) mass is 318 g/mol. The van der Waals surface area contributed by atoms with Crippen LogP contribution in [0, 0.1) is 0 Å². The standard InChI is InChI=1S/C15H17F3O2S/c16-15(17,18)13-4-2-1-3-10(13)7-14(19)8-11-5-6-12(9-14)21(11)20/h1-4,11-12,19H,5-9H2. The van der Waals surface area contributed by atoms with Gasteiger partial charge in [-0.1, -0.05) is 18.2 Å². The van der Waals surface area contributed by atoms with Crippen LogP contribution >= 0.6 is 0 Å². The van der Waals surface area contributed by atoms with Crippen LogP contribution in [0.5, 0.6) is 0 Å². The van der Waals surface area contributed by atoms with Crippen LogP contribution in [-0.2, 0) is 23.4 Å². The SMILES string of the molecule is O=S1C2CCC1CC(O)(Cc1ccccc1C(F)(F)F)C2. The fraction of sp³-hybridized carbons (Fsp3) is 0.600. The van der Waals surface area contributed by atoms with E-state index >= 15 is 0 Å². The van der Waals surface area contributed by atoms with E-state index < -0.39 is 28.1 Å². The molecule has 0 radical (unpaired) electrons. The molecule has 2 heterocycles. The largest absolute Gasteiger partial charge is 0.416 e. The van der Waals surface area contributed by atoms with E-state index in [0.29, 0.717) is 12.8 Å². The minimum Gasteiger partial charge on any atom is -0.389 e. The summed E-state index contributed by atoms with van der Waals surface area (Å²) in [7, 11) is -0.928. The molecular weight excluding hydrogens is 301 g/mol. The lowest BCUT2D eigenvalue weighted by atomic mass is 9.85. The van der Waals surface area contributed by atoms with Crippen molar-refractivity contribution in [2.75, 3.05) is 0 Å². The Morgan fingerprint density at radius 3 is 2.33 bits per heavy atom. The van der Waals surface area contributed by atoms with E-state index in [2.05, 4.69) is 0 Å². The highest BCUT2D eigenvalue weighted by Gasteiger charge is 2.48. The van der Waals surface area contributed by atoms with Crippen LogP contribution in [0.1, 0.15) is 36.8 Å². The molecule has 1 N–H and O–H groups in total. The summed E-state index contributed by atoms with van der Waals surface area (Å²) in [6.07, 6.45) is -2.15. The molecule has 2 aliphatic heterocycles. The molecule has 1 aromatic carbocycles. The third kappa shape index (κ3) is 2.88. The predicted molar refractivity (Wildman–Crippen MR) is 74.3 cm³/mol. The Kier molecular flexibility index (Phi) is 3.64. The summed E-state index contributed by atoms with van der Waals surface area (Å²) < 4.78 is 51.0. The Hall–Kier alpha value is -0.880. The molecule has 0 aliphatic carbocycles. The van der Waals surface area contributed by atoms with Gasteiger partial charge in [-0.15, -0.1) is 0 Å². The Labute approximate surface area is 123 Å². The smallest absolute Gasteiger partial charge is 0.389 e. The molecule has 116 valence electrons. The lowest BCUT2D eigenvalue weighted by molar-refractivity contribution is -0.138. The van der Waals surface area contributed by atoms with E-state index in [4.69, 9.17) is 0 Å². The van der Waals surface area contributed by atoms with Crippen molar-refractivity contribution in [3.8, 4) is 0 Å². The molecular formula is C15H17F3O2S. The van der Waals surface area contributed by atoms with Crippen LogP contribution in [0.25, 0.3) is 0 Å². The number of hydrogen-bond donors (Lipinski definition) is 1. The molecule has 3 rings (SSSR count). The third-order valence-corrected chi connectivity index (χ3v) is 6.64. The number of halogens is 3. The molecule has 2 aliphatic rings. The molecule has 2 atom stereocenters. The van der Waals surface area contributed by atoms with Crippen molar-refractivity contribution < 1.29 is 22.5 Å². The predicted octanol–water partition coefficient (Wildman–Crippen LogP) is 3.05. The van der Waals surface area contributed by atoms with Crippen molar-refractivity contribution in [1.82, 2.24) is 0 Å². The maximum absolute atomic E-state index is 13.0. The van der Waals surface area contributed by atoms with Gasteiger partial charge in [0.2, 0.25) is 0 Å². The first-order valence-electron chi connectivity index (χ1n) is 7.05. The van der Waals surface area contributed by atoms with E-state index in [1.54, 1.807) is 6.07 Å². The van der Waals surface area contributed by atoms with E-state index in [0.717, 1.165) is 18.9 Å². The Bertz CT molecular complexity index is 554. The first-order valence-corrected chi connectivity index (χ1v) is 8.33. The molecule has 0 spiro atoms. The zero-order chi connectivity index (χ0) is 15.3. The molecule has 2 fully saturated rings. The third-order valence-electron chi connectivity index (χ3n) is 4.53. The molecule has 2 nitrogen and oxygen atoms in total. The summed E-state index contributed by atoms with van der Waals surface area (Å²) in [5, 5.41) is 10.6. The summed E-state index contributed by atoms with van der Waals surface area (Å²) in [4.78, 5) is 0. The van der Waals surface area contributed by atoms with Gasteiger partial charge in [0.25, 0.3) is 0 Å². The fourth-order valence-electron chi connectivity index (χ4n) is 3.63. The van der Waals surface area contributed by atoms with Crippen molar-refractivity contribution in [2.24, 2.45) is 0 Å². The van der Waals surface area contributed by atoms with E-state index in [1.807, 2.05) is 0 Å². The molecule has 0 amide bonds. The molecule has 21 heavy (non-hydrogen) atoms. The minimum absolute atomic E-state index is 0.0209. The molecule has 0 aromatic heterocycles. The molecule has 6 heteroatoms. The zero-order valence-electron chi connectivity index (χ0n) is 11.4. The van der Waals surface area contributed by atoms with Crippen LogP contribution in [0.15, 0.2) is 24.3 Å². The number of aliphatic hydroxyl groups is 1. The second-order valence-electron chi connectivity index (χ2n) is 6.11. The lowest BCUT2D eigenvalue weighted by Gasteiger charge is -2.36. The highest BCUT2D eigenvalue weighted by molar-refractivity contribution is 7.86. The molecule has 2 bridgehead atoms. The van der Waals surface area contributed by atoms with Gasteiger partial charge in [0.15, 0.2) is 0 Å². The highest BCUT2D eigenvalue weighted by Crippen LogP contribution is 2.43. The van der Waals surface area contributed by atoms with Crippen LogP contribution in [0.3, 0.4) is 0 Å². The highest BCUT2D eigenvalue weighted by atomic mass is 32.2. The maximum Gasteiger partial charge on any atom is 0.416 e. The van der Waals surface area contributed by atoms with Gasteiger partial charge in [0.05, 0.1) is 11.2 Å².